The first kappa shape index (κ1) is 19.3. The number of amides is 2. The number of ether oxygens (including phenoxy) is 1. The SMILES string of the molecule is CC(C)(C)OC(=O)NCCNC(=O)c1cccc(-c2ccc3nonc3c2)n1. The van der Waals surface area contributed by atoms with Crippen LogP contribution in [0.2, 0.25) is 0 Å². The molecule has 0 unspecified atom stereocenters. The Bertz CT molecular complexity index is 993. The topological polar surface area (TPSA) is 119 Å². The van der Waals surface area contributed by atoms with Gasteiger partial charge in [-0.2, -0.15) is 0 Å². The molecular formula is C19H21N5O4. The zero-order chi connectivity index (χ0) is 20.1. The molecule has 0 saturated carbocycles. The van der Waals surface area contributed by atoms with E-state index in [0.29, 0.717) is 16.7 Å². The Morgan fingerprint density at radius 3 is 2.57 bits per heavy atom. The lowest BCUT2D eigenvalue weighted by Gasteiger charge is -2.19. The lowest BCUT2D eigenvalue weighted by Crippen LogP contribution is -2.38. The molecule has 9 nitrogen and oxygen atoms in total. The number of fused-ring (bicyclic) bond motifs is 1. The van der Waals surface area contributed by atoms with Gasteiger partial charge in [-0.25, -0.2) is 14.4 Å². The zero-order valence-corrected chi connectivity index (χ0v) is 15.9. The third kappa shape index (κ3) is 5.03. The Morgan fingerprint density at radius 2 is 1.79 bits per heavy atom. The Labute approximate surface area is 161 Å². The number of hydrogen-bond donors (Lipinski definition) is 2. The van der Waals surface area contributed by atoms with E-state index < -0.39 is 11.7 Å². The minimum absolute atomic E-state index is 0.246. The van der Waals surface area contributed by atoms with Crippen LogP contribution < -0.4 is 10.6 Å². The minimum Gasteiger partial charge on any atom is -0.444 e. The van der Waals surface area contributed by atoms with E-state index >= 15 is 0 Å². The zero-order valence-electron chi connectivity index (χ0n) is 15.9. The quantitative estimate of drug-likeness (QED) is 0.650. The summed E-state index contributed by atoms with van der Waals surface area (Å²) in [5.74, 6) is -0.336. The smallest absolute Gasteiger partial charge is 0.407 e. The first-order valence-electron chi connectivity index (χ1n) is 8.77. The number of pyridine rings is 1. The van der Waals surface area contributed by atoms with Gasteiger partial charge in [0.1, 0.15) is 22.3 Å². The molecule has 2 amide bonds. The van der Waals surface area contributed by atoms with Crippen LogP contribution in [0.15, 0.2) is 41.0 Å². The van der Waals surface area contributed by atoms with Gasteiger partial charge < -0.3 is 15.4 Å². The van der Waals surface area contributed by atoms with Gasteiger partial charge >= 0.3 is 6.09 Å². The summed E-state index contributed by atoms with van der Waals surface area (Å²) in [5, 5.41) is 12.9. The molecule has 0 bridgehead atoms. The van der Waals surface area contributed by atoms with Crippen LogP contribution in [0.5, 0.6) is 0 Å². The molecule has 0 aliphatic carbocycles. The second-order valence-corrected chi connectivity index (χ2v) is 7.06. The van der Waals surface area contributed by atoms with E-state index in [1.165, 1.54) is 0 Å². The van der Waals surface area contributed by atoms with Crippen LogP contribution in [-0.2, 0) is 4.74 Å². The second-order valence-electron chi connectivity index (χ2n) is 7.06. The van der Waals surface area contributed by atoms with Crippen molar-refractivity contribution in [2.24, 2.45) is 0 Å². The first-order chi connectivity index (χ1) is 13.3. The summed E-state index contributed by atoms with van der Waals surface area (Å²) in [6, 6.07) is 10.6. The van der Waals surface area contributed by atoms with Gasteiger partial charge in [0.05, 0.1) is 5.69 Å². The predicted octanol–water partition coefficient (Wildman–Crippen LogP) is 2.54. The molecular weight excluding hydrogens is 362 g/mol. The molecule has 9 heteroatoms. The number of alkyl carbamates (subject to hydrolysis) is 1. The fourth-order valence-corrected chi connectivity index (χ4v) is 2.41. The van der Waals surface area contributed by atoms with Crippen molar-refractivity contribution in [2.75, 3.05) is 13.1 Å². The van der Waals surface area contributed by atoms with Crippen LogP contribution in [-0.4, -0.2) is 46.0 Å². The standard InChI is InChI=1S/C19H21N5O4/c1-19(2,3)27-18(26)21-10-9-20-17(25)15-6-4-5-13(22-15)12-7-8-14-16(11-12)24-28-23-14/h4-8,11H,9-10H2,1-3H3,(H,20,25)(H,21,26). The van der Waals surface area contributed by atoms with Crippen LogP contribution in [0.4, 0.5) is 4.79 Å². The van der Waals surface area contributed by atoms with Gasteiger partial charge in [-0.1, -0.05) is 12.1 Å². The summed E-state index contributed by atoms with van der Waals surface area (Å²) in [6.07, 6.45) is -0.528. The van der Waals surface area contributed by atoms with Crippen LogP contribution in [0.3, 0.4) is 0 Å². The number of nitrogens with one attached hydrogen (secondary N) is 2. The van der Waals surface area contributed by atoms with E-state index in [9.17, 15) is 9.59 Å². The summed E-state index contributed by atoms with van der Waals surface area (Å²) < 4.78 is 9.82. The molecule has 28 heavy (non-hydrogen) atoms. The average molecular weight is 383 g/mol. The van der Waals surface area contributed by atoms with Crippen LogP contribution in [0.1, 0.15) is 31.3 Å². The predicted molar refractivity (Wildman–Crippen MR) is 102 cm³/mol. The third-order valence-corrected chi connectivity index (χ3v) is 3.61. The molecule has 1 aromatic carbocycles. The van der Waals surface area contributed by atoms with Crippen LogP contribution in [0, 0.1) is 0 Å². The Kier molecular flexibility index (Phi) is 5.53. The number of carbonyl (C=O) groups excluding carboxylic acids is 2. The van der Waals surface area contributed by atoms with E-state index in [1.54, 1.807) is 51.1 Å². The van der Waals surface area contributed by atoms with Gasteiger partial charge in [0, 0.05) is 18.7 Å². The van der Waals surface area contributed by atoms with Gasteiger partial charge in [-0.05, 0) is 55.4 Å². The maximum Gasteiger partial charge on any atom is 0.407 e. The number of rotatable bonds is 5. The monoisotopic (exact) mass is 383 g/mol. The number of benzene rings is 1. The summed E-state index contributed by atoms with van der Waals surface area (Å²) in [6.45, 7) is 5.84. The van der Waals surface area contributed by atoms with Gasteiger partial charge in [0.15, 0.2) is 0 Å². The Balaban J connectivity index is 1.57. The van der Waals surface area contributed by atoms with Crippen molar-refractivity contribution < 1.29 is 19.0 Å². The highest BCUT2D eigenvalue weighted by molar-refractivity contribution is 5.93. The van der Waals surface area contributed by atoms with Crippen molar-refractivity contribution in [1.29, 1.82) is 0 Å². The lowest BCUT2D eigenvalue weighted by atomic mass is 10.1. The van der Waals surface area contributed by atoms with Crippen molar-refractivity contribution in [3.8, 4) is 11.3 Å². The van der Waals surface area contributed by atoms with Crippen molar-refractivity contribution in [3.05, 3.63) is 42.1 Å². The Hall–Kier alpha value is -3.49. The average Bonchev–Trinajstić information content (AvgIpc) is 3.11. The fraction of sp³-hybridized carbons (Fsp3) is 0.316. The molecule has 0 radical (unpaired) electrons. The van der Waals surface area contributed by atoms with Gasteiger partial charge in [0.25, 0.3) is 5.91 Å². The highest BCUT2D eigenvalue weighted by Crippen LogP contribution is 2.21. The molecule has 0 spiro atoms. The molecule has 2 N–H and O–H groups in total. The fourth-order valence-electron chi connectivity index (χ4n) is 2.41. The van der Waals surface area contributed by atoms with Crippen molar-refractivity contribution in [3.63, 3.8) is 0 Å². The first-order valence-corrected chi connectivity index (χ1v) is 8.77. The molecule has 3 rings (SSSR count). The van der Waals surface area contributed by atoms with Crippen LogP contribution >= 0.6 is 0 Å². The molecule has 2 heterocycles. The highest BCUT2D eigenvalue weighted by atomic mass is 16.6. The molecule has 146 valence electrons. The minimum atomic E-state index is -0.567. The Morgan fingerprint density at radius 1 is 1.04 bits per heavy atom. The van der Waals surface area contributed by atoms with E-state index in [2.05, 4.69) is 25.9 Å². The second kappa shape index (κ2) is 8.03. The van der Waals surface area contributed by atoms with Gasteiger partial charge in [0.2, 0.25) is 0 Å². The normalized spacial score (nSPS) is 11.2. The van der Waals surface area contributed by atoms with E-state index in [1.807, 2.05) is 6.07 Å². The third-order valence-electron chi connectivity index (χ3n) is 3.61. The van der Waals surface area contributed by atoms with Gasteiger partial charge in [-0.15, -0.1) is 0 Å². The summed E-state index contributed by atoms with van der Waals surface area (Å²) in [7, 11) is 0. The number of aromatic nitrogens is 3. The maximum atomic E-state index is 12.3. The highest BCUT2D eigenvalue weighted by Gasteiger charge is 2.15. The summed E-state index contributed by atoms with van der Waals surface area (Å²) in [5.41, 5.74) is 2.39. The molecule has 3 aromatic rings. The maximum absolute atomic E-state index is 12.3. The molecule has 0 aliphatic rings. The van der Waals surface area contributed by atoms with Crippen molar-refractivity contribution in [2.45, 2.75) is 26.4 Å². The number of carbonyl (C=O) groups is 2. The van der Waals surface area contributed by atoms with Crippen molar-refractivity contribution in [1.82, 2.24) is 25.9 Å². The van der Waals surface area contributed by atoms with E-state index in [4.69, 9.17) is 9.37 Å². The molecule has 0 saturated heterocycles. The lowest BCUT2D eigenvalue weighted by molar-refractivity contribution is 0.0526. The molecule has 0 fully saturated rings. The van der Waals surface area contributed by atoms with Gasteiger partial charge in [-0.3, -0.25) is 4.79 Å². The largest absolute Gasteiger partial charge is 0.444 e. The number of hydrogen-bond acceptors (Lipinski definition) is 7. The van der Waals surface area contributed by atoms with Crippen LogP contribution in [0.25, 0.3) is 22.3 Å². The summed E-state index contributed by atoms with van der Waals surface area (Å²) in [4.78, 5) is 28.3. The summed E-state index contributed by atoms with van der Waals surface area (Å²) >= 11 is 0. The molecule has 0 aliphatic heterocycles. The van der Waals surface area contributed by atoms with Crippen molar-refractivity contribution >= 4 is 23.0 Å². The molecule has 0 atom stereocenters. The van der Waals surface area contributed by atoms with E-state index in [0.717, 1.165) is 5.56 Å². The number of nitrogens with zero attached hydrogens (tertiary/aromatic N) is 3. The molecule has 2 aromatic heterocycles. The van der Waals surface area contributed by atoms with E-state index in [-0.39, 0.29) is 24.7 Å².